The van der Waals surface area contributed by atoms with Gasteiger partial charge in [-0.2, -0.15) is 0 Å². The summed E-state index contributed by atoms with van der Waals surface area (Å²) in [5.41, 5.74) is 0.605. The van der Waals surface area contributed by atoms with Crippen molar-refractivity contribution in [1.82, 2.24) is 20.1 Å². The van der Waals surface area contributed by atoms with Crippen LogP contribution in [0.25, 0.3) is 0 Å². The van der Waals surface area contributed by atoms with E-state index in [2.05, 4.69) is 26.6 Å². The minimum Gasteiger partial charge on any atom is -0.349 e. The summed E-state index contributed by atoms with van der Waals surface area (Å²) in [6.45, 7) is 3.49. The number of amides is 3. The summed E-state index contributed by atoms with van der Waals surface area (Å²) in [4.78, 5) is 24.6. The number of rotatable bonds is 5. The smallest absolute Gasteiger partial charge is 0.316 e. The topological polar surface area (TPSA) is 66.4 Å². The second kappa shape index (κ2) is 7.18. The van der Waals surface area contributed by atoms with Gasteiger partial charge in [0.2, 0.25) is 0 Å². The van der Waals surface area contributed by atoms with Crippen LogP contribution in [0.3, 0.4) is 0 Å². The van der Waals surface area contributed by atoms with Crippen molar-refractivity contribution in [3.05, 3.63) is 22.4 Å². The van der Waals surface area contributed by atoms with E-state index in [4.69, 9.17) is 0 Å². The maximum Gasteiger partial charge on any atom is 0.316 e. The predicted molar refractivity (Wildman–Crippen MR) is 77.2 cm³/mol. The molecule has 0 fully saturated rings. The monoisotopic (exact) mass is 330 g/mol. The summed E-state index contributed by atoms with van der Waals surface area (Å²) in [7, 11) is 3.33. The lowest BCUT2D eigenvalue weighted by Gasteiger charge is -2.12. The molecule has 1 aromatic rings. The number of hydrogen-bond donors (Lipinski definition) is 2. The number of hydrogen-bond acceptors (Lipinski definition) is 2. The summed E-state index contributed by atoms with van der Waals surface area (Å²) < 4.78 is 2.73. The molecule has 0 unspecified atom stereocenters. The first-order valence-electron chi connectivity index (χ1n) is 6.04. The average Bonchev–Trinajstić information content (AvgIpc) is 2.75. The highest BCUT2D eigenvalue weighted by Crippen LogP contribution is 2.14. The molecule has 7 heteroatoms. The predicted octanol–water partition coefficient (Wildman–Crippen LogP) is 1.27. The summed E-state index contributed by atoms with van der Waals surface area (Å²) in [6.07, 6.45) is 1.86. The third-order valence-electron chi connectivity index (χ3n) is 2.53. The number of nitrogens with zero attached hydrogens (tertiary/aromatic N) is 2. The Bertz CT molecular complexity index is 457. The normalized spacial score (nSPS) is 10.1. The lowest BCUT2D eigenvalue weighted by molar-refractivity contribution is 0.0944. The van der Waals surface area contributed by atoms with Gasteiger partial charge in [0.25, 0.3) is 5.91 Å². The molecule has 0 spiro atoms. The molecule has 3 amide bonds. The highest BCUT2D eigenvalue weighted by Gasteiger charge is 2.11. The Hall–Kier alpha value is -1.50. The van der Waals surface area contributed by atoms with Crippen LogP contribution in [0.1, 0.15) is 17.4 Å². The van der Waals surface area contributed by atoms with Gasteiger partial charge in [0.1, 0.15) is 5.69 Å². The van der Waals surface area contributed by atoms with E-state index in [1.165, 1.54) is 4.90 Å². The Morgan fingerprint density at radius 2 is 1.95 bits per heavy atom. The molecule has 6 nitrogen and oxygen atoms in total. The fourth-order valence-electron chi connectivity index (χ4n) is 1.52. The molecular weight excluding hydrogens is 312 g/mol. The van der Waals surface area contributed by atoms with E-state index in [0.717, 1.165) is 11.0 Å². The van der Waals surface area contributed by atoms with Crippen LogP contribution < -0.4 is 10.6 Å². The zero-order chi connectivity index (χ0) is 14.4. The van der Waals surface area contributed by atoms with Crippen LogP contribution >= 0.6 is 15.9 Å². The molecule has 0 aliphatic heterocycles. The Morgan fingerprint density at radius 3 is 2.53 bits per heavy atom. The van der Waals surface area contributed by atoms with Crippen molar-refractivity contribution in [3.63, 3.8) is 0 Å². The quantitative estimate of drug-likeness (QED) is 0.798. The zero-order valence-electron chi connectivity index (χ0n) is 11.4. The van der Waals surface area contributed by atoms with Gasteiger partial charge in [0.05, 0.1) is 0 Å². The Morgan fingerprint density at radius 1 is 1.32 bits per heavy atom. The minimum absolute atomic E-state index is 0.147. The minimum atomic E-state index is -0.172. The maximum atomic E-state index is 11.9. The molecule has 19 heavy (non-hydrogen) atoms. The fourth-order valence-corrected chi connectivity index (χ4v) is 1.98. The Labute approximate surface area is 121 Å². The summed E-state index contributed by atoms with van der Waals surface area (Å²) >= 11 is 3.35. The second-order valence-corrected chi connectivity index (χ2v) is 5.13. The highest BCUT2D eigenvalue weighted by molar-refractivity contribution is 9.10. The lowest BCUT2D eigenvalue weighted by Crippen LogP contribution is -2.39. The average molecular weight is 331 g/mol. The van der Waals surface area contributed by atoms with Crippen molar-refractivity contribution in [3.8, 4) is 0 Å². The van der Waals surface area contributed by atoms with E-state index in [1.807, 2.05) is 17.7 Å². The van der Waals surface area contributed by atoms with Crippen LogP contribution in [0.15, 0.2) is 16.7 Å². The number of aromatic nitrogens is 1. The van der Waals surface area contributed by atoms with Gasteiger partial charge in [0.15, 0.2) is 0 Å². The zero-order valence-corrected chi connectivity index (χ0v) is 13.0. The Kier molecular flexibility index (Phi) is 5.88. The van der Waals surface area contributed by atoms with Crippen LogP contribution in [0.4, 0.5) is 4.79 Å². The van der Waals surface area contributed by atoms with Crippen molar-refractivity contribution >= 4 is 27.9 Å². The largest absolute Gasteiger partial charge is 0.349 e. The highest BCUT2D eigenvalue weighted by atomic mass is 79.9. The summed E-state index contributed by atoms with van der Waals surface area (Å²) in [6, 6.07) is 1.60. The molecule has 0 radical (unpaired) electrons. The van der Waals surface area contributed by atoms with Crippen molar-refractivity contribution in [2.24, 2.45) is 0 Å². The molecule has 0 saturated carbocycles. The number of urea groups is 1. The van der Waals surface area contributed by atoms with Gasteiger partial charge < -0.3 is 20.1 Å². The SMILES string of the molecule is CCn1cc(Br)cc1C(=O)NCCNC(=O)N(C)C. The van der Waals surface area contributed by atoms with Crippen LogP contribution in [0.2, 0.25) is 0 Å². The third-order valence-corrected chi connectivity index (χ3v) is 2.96. The first kappa shape index (κ1) is 15.6. The number of halogens is 1. The van der Waals surface area contributed by atoms with Gasteiger partial charge in [-0.25, -0.2) is 4.79 Å². The van der Waals surface area contributed by atoms with Crippen molar-refractivity contribution in [2.75, 3.05) is 27.2 Å². The second-order valence-electron chi connectivity index (χ2n) is 4.21. The molecule has 1 aromatic heterocycles. The Balaban J connectivity index is 2.41. The van der Waals surface area contributed by atoms with E-state index in [1.54, 1.807) is 20.2 Å². The molecule has 0 bridgehead atoms. The molecule has 0 saturated heterocycles. The molecule has 1 rings (SSSR count). The maximum absolute atomic E-state index is 11.9. The molecule has 0 aliphatic rings. The third kappa shape index (κ3) is 4.59. The van der Waals surface area contributed by atoms with Gasteiger partial charge >= 0.3 is 6.03 Å². The molecule has 2 N–H and O–H groups in total. The molecule has 0 atom stereocenters. The first-order valence-corrected chi connectivity index (χ1v) is 6.84. The molecule has 1 heterocycles. The number of nitrogens with one attached hydrogen (secondary N) is 2. The number of carbonyl (C=O) groups is 2. The summed E-state index contributed by atoms with van der Waals surface area (Å²) in [5, 5.41) is 5.45. The number of aryl methyl sites for hydroxylation is 1. The number of carbonyl (C=O) groups excluding carboxylic acids is 2. The van der Waals surface area contributed by atoms with Crippen LogP contribution in [0.5, 0.6) is 0 Å². The summed E-state index contributed by atoms with van der Waals surface area (Å²) in [5.74, 6) is -0.147. The molecular formula is C12H19BrN4O2. The van der Waals surface area contributed by atoms with Crippen LogP contribution in [0, 0.1) is 0 Å². The first-order chi connectivity index (χ1) is 8.95. The van der Waals surface area contributed by atoms with E-state index >= 15 is 0 Å². The van der Waals surface area contributed by atoms with Gasteiger partial charge in [-0.1, -0.05) is 0 Å². The van der Waals surface area contributed by atoms with Crippen LogP contribution in [-0.2, 0) is 6.54 Å². The molecule has 106 valence electrons. The van der Waals surface area contributed by atoms with E-state index < -0.39 is 0 Å². The van der Waals surface area contributed by atoms with Gasteiger partial charge in [-0.3, -0.25) is 4.79 Å². The van der Waals surface area contributed by atoms with Gasteiger partial charge in [0, 0.05) is 44.4 Å². The van der Waals surface area contributed by atoms with Crippen molar-refractivity contribution in [2.45, 2.75) is 13.5 Å². The molecule has 0 aromatic carbocycles. The van der Waals surface area contributed by atoms with Gasteiger partial charge in [-0.05, 0) is 28.9 Å². The standard InChI is InChI=1S/C12H19BrN4O2/c1-4-17-8-9(13)7-10(17)11(18)14-5-6-15-12(19)16(2)3/h7-8H,4-6H2,1-3H3,(H,14,18)(H,15,19). The fraction of sp³-hybridized carbons (Fsp3) is 0.500. The van der Waals surface area contributed by atoms with E-state index in [0.29, 0.717) is 18.8 Å². The van der Waals surface area contributed by atoms with Crippen molar-refractivity contribution in [1.29, 1.82) is 0 Å². The van der Waals surface area contributed by atoms with Crippen molar-refractivity contribution < 1.29 is 9.59 Å². The van der Waals surface area contributed by atoms with Gasteiger partial charge in [-0.15, -0.1) is 0 Å². The van der Waals surface area contributed by atoms with E-state index in [-0.39, 0.29) is 11.9 Å². The lowest BCUT2D eigenvalue weighted by atomic mass is 10.4. The van der Waals surface area contributed by atoms with E-state index in [9.17, 15) is 9.59 Å². The molecule has 0 aliphatic carbocycles. The van der Waals surface area contributed by atoms with Crippen LogP contribution in [-0.4, -0.2) is 48.6 Å².